The predicted molar refractivity (Wildman–Crippen MR) is 67.5 cm³/mol. The molecule has 0 aromatic carbocycles. The van der Waals surface area contributed by atoms with Crippen molar-refractivity contribution < 1.29 is 23.4 Å². The van der Waals surface area contributed by atoms with E-state index >= 15 is 0 Å². The van der Waals surface area contributed by atoms with Gasteiger partial charge >= 0.3 is 5.97 Å². The zero-order valence-electron chi connectivity index (χ0n) is 10.9. The number of hydrogen-bond acceptors (Lipinski definition) is 5. The number of methoxy groups -OCH3 is 2. The highest BCUT2D eigenvalue weighted by Gasteiger charge is 2.05. The Labute approximate surface area is 105 Å². The van der Waals surface area contributed by atoms with Gasteiger partial charge in [-0.15, -0.1) is 0 Å². The van der Waals surface area contributed by atoms with Crippen LogP contribution < -0.4 is 0 Å². The molecule has 0 unspecified atom stereocenters. The lowest BCUT2D eigenvalue weighted by Crippen LogP contribution is -2.21. The van der Waals surface area contributed by atoms with Crippen LogP contribution in [0.3, 0.4) is 0 Å². The largest absolute Gasteiger partial charge is 0.462 e. The lowest BCUT2D eigenvalue weighted by Gasteiger charge is -2.13. The summed E-state index contributed by atoms with van der Waals surface area (Å²) in [6.45, 7) is 6.03. The maximum absolute atomic E-state index is 11.0. The average molecular weight is 262 g/mol. The van der Waals surface area contributed by atoms with E-state index in [0.717, 1.165) is 12.5 Å². The summed E-state index contributed by atoms with van der Waals surface area (Å²) in [5.74, 6) is -0.327. The monoisotopic (exact) mass is 262 g/mol. The summed E-state index contributed by atoms with van der Waals surface area (Å²) < 4.78 is 20.4. The summed E-state index contributed by atoms with van der Waals surface area (Å²) in [5.41, 5.74) is 0.432. The molecule has 0 fully saturated rings. The summed E-state index contributed by atoms with van der Waals surface area (Å²) in [4.78, 5) is 11.0. The van der Waals surface area contributed by atoms with Crippen LogP contribution in [0.25, 0.3) is 0 Å². The maximum atomic E-state index is 11.0. The molecule has 0 aromatic rings. The van der Waals surface area contributed by atoms with E-state index in [1.165, 1.54) is 0 Å². The Bertz CT molecular complexity index is 228. The molecule has 0 saturated carbocycles. The molecule has 0 rings (SSSR count). The third kappa shape index (κ3) is 9.05. The van der Waals surface area contributed by atoms with E-state index in [1.807, 2.05) is 0 Å². The number of carbonyl (C=O) groups excluding carboxylic acids is 1. The minimum atomic E-state index is -0.588. The second-order valence-corrected chi connectivity index (χ2v) is 5.12. The highest BCUT2D eigenvalue weighted by atomic mass is 28.2. The van der Waals surface area contributed by atoms with E-state index < -0.39 is 9.76 Å². The van der Waals surface area contributed by atoms with E-state index in [1.54, 1.807) is 21.1 Å². The second kappa shape index (κ2) is 10.5. The molecule has 0 atom stereocenters. The van der Waals surface area contributed by atoms with E-state index in [9.17, 15) is 4.79 Å². The van der Waals surface area contributed by atoms with Gasteiger partial charge < -0.3 is 18.6 Å². The molecule has 0 bridgehead atoms. The summed E-state index contributed by atoms with van der Waals surface area (Å²) in [5, 5.41) is 0. The lowest BCUT2D eigenvalue weighted by molar-refractivity contribution is -0.138. The molecule has 0 saturated heterocycles. The SMILES string of the molecule is C=C(C)C(=O)OCCC[SiH2]OCC(OC)OC. The number of hydrogen-bond donors (Lipinski definition) is 0. The molecule has 0 aliphatic rings. The van der Waals surface area contributed by atoms with Gasteiger partial charge in [0.25, 0.3) is 0 Å². The first kappa shape index (κ1) is 16.3. The Balaban J connectivity index is 3.29. The lowest BCUT2D eigenvalue weighted by atomic mass is 10.4. The predicted octanol–water partition coefficient (Wildman–Crippen LogP) is 0.633. The summed E-state index contributed by atoms with van der Waals surface area (Å²) in [6, 6.07) is 0.962. The third-order valence-corrected chi connectivity index (χ3v) is 3.36. The van der Waals surface area contributed by atoms with Crippen LogP contribution in [-0.4, -0.2) is 49.5 Å². The molecule has 0 aromatic heterocycles. The van der Waals surface area contributed by atoms with Gasteiger partial charge in [0.2, 0.25) is 0 Å². The van der Waals surface area contributed by atoms with Crippen LogP contribution in [0, 0.1) is 0 Å². The molecule has 100 valence electrons. The van der Waals surface area contributed by atoms with E-state index in [-0.39, 0.29) is 12.3 Å². The standard InChI is InChI=1S/C11H22O5Si/c1-9(2)11(12)15-6-5-7-17-16-8-10(13-3)14-4/h10H,1,5-8,17H2,2-4H3. The molecular weight excluding hydrogens is 240 g/mol. The van der Waals surface area contributed by atoms with E-state index in [2.05, 4.69) is 6.58 Å². The highest BCUT2D eigenvalue weighted by Crippen LogP contribution is 1.97. The molecule has 6 heteroatoms. The van der Waals surface area contributed by atoms with Crippen molar-refractivity contribution in [3.05, 3.63) is 12.2 Å². The Morgan fingerprint density at radius 2 is 2.00 bits per heavy atom. The van der Waals surface area contributed by atoms with Gasteiger partial charge in [-0.25, -0.2) is 4.79 Å². The number of rotatable bonds is 10. The summed E-state index contributed by atoms with van der Waals surface area (Å²) in [6.07, 6.45) is 0.541. The molecule has 0 spiro atoms. The van der Waals surface area contributed by atoms with Crippen LogP contribution in [-0.2, 0) is 23.4 Å². The van der Waals surface area contributed by atoms with E-state index in [4.69, 9.17) is 18.6 Å². The van der Waals surface area contributed by atoms with Gasteiger partial charge in [0.15, 0.2) is 16.1 Å². The van der Waals surface area contributed by atoms with Crippen LogP contribution in [0.2, 0.25) is 6.04 Å². The van der Waals surface area contributed by atoms with Crippen LogP contribution in [0.15, 0.2) is 12.2 Å². The smallest absolute Gasteiger partial charge is 0.333 e. The fourth-order valence-corrected chi connectivity index (χ4v) is 1.98. The van der Waals surface area contributed by atoms with Crippen molar-refractivity contribution in [1.29, 1.82) is 0 Å². The summed E-state index contributed by atoms with van der Waals surface area (Å²) >= 11 is 0. The molecule has 0 amide bonds. The highest BCUT2D eigenvalue weighted by molar-refractivity contribution is 6.26. The first-order valence-corrected chi connectivity index (χ1v) is 7.15. The summed E-state index contributed by atoms with van der Waals surface area (Å²) in [7, 11) is 2.57. The van der Waals surface area contributed by atoms with Gasteiger partial charge in [0.05, 0.1) is 13.2 Å². The van der Waals surface area contributed by atoms with Gasteiger partial charge in [-0.05, 0) is 19.4 Å². The Hall–Kier alpha value is -0.693. The quantitative estimate of drug-likeness (QED) is 0.190. The van der Waals surface area contributed by atoms with Crippen molar-refractivity contribution in [2.45, 2.75) is 25.7 Å². The van der Waals surface area contributed by atoms with Crippen LogP contribution in [0.1, 0.15) is 13.3 Å². The zero-order valence-corrected chi connectivity index (χ0v) is 12.3. The van der Waals surface area contributed by atoms with Crippen LogP contribution in [0.5, 0.6) is 0 Å². The van der Waals surface area contributed by atoms with Crippen molar-refractivity contribution in [1.82, 2.24) is 0 Å². The molecule has 0 radical (unpaired) electrons. The van der Waals surface area contributed by atoms with Crippen molar-refractivity contribution in [2.75, 3.05) is 27.4 Å². The first-order valence-electron chi connectivity index (χ1n) is 5.57. The van der Waals surface area contributed by atoms with Gasteiger partial charge in [-0.2, -0.15) is 0 Å². The first-order chi connectivity index (χ1) is 8.11. The van der Waals surface area contributed by atoms with Crippen molar-refractivity contribution >= 4 is 15.7 Å². The van der Waals surface area contributed by atoms with Gasteiger partial charge in [-0.1, -0.05) is 6.58 Å². The Morgan fingerprint density at radius 3 is 2.53 bits per heavy atom. The topological polar surface area (TPSA) is 54.0 Å². The van der Waals surface area contributed by atoms with Crippen molar-refractivity contribution in [2.24, 2.45) is 0 Å². The number of ether oxygens (including phenoxy) is 3. The van der Waals surface area contributed by atoms with Gasteiger partial charge in [0.1, 0.15) is 0 Å². The third-order valence-electron chi connectivity index (χ3n) is 2.04. The van der Waals surface area contributed by atoms with Crippen molar-refractivity contribution in [3.63, 3.8) is 0 Å². The van der Waals surface area contributed by atoms with Crippen molar-refractivity contribution in [3.8, 4) is 0 Å². The van der Waals surface area contributed by atoms with Gasteiger partial charge in [-0.3, -0.25) is 0 Å². The minimum absolute atomic E-state index is 0.288. The second-order valence-electron chi connectivity index (χ2n) is 3.60. The molecular formula is C11H22O5Si. The molecule has 0 N–H and O–H groups in total. The van der Waals surface area contributed by atoms with Crippen LogP contribution >= 0.6 is 0 Å². The van der Waals surface area contributed by atoms with Crippen LogP contribution in [0.4, 0.5) is 0 Å². The van der Waals surface area contributed by atoms with Gasteiger partial charge in [0, 0.05) is 19.8 Å². The molecule has 17 heavy (non-hydrogen) atoms. The average Bonchev–Trinajstić information content (AvgIpc) is 2.32. The Morgan fingerprint density at radius 1 is 1.35 bits per heavy atom. The maximum Gasteiger partial charge on any atom is 0.333 e. The normalized spacial score (nSPS) is 11.3. The zero-order chi connectivity index (χ0) is 13.1. The number of carbonyl (C=O) groups is 1. The Kier molecular flexibility index (Phi) is 10.0. The minimum Gasteiger partial charge on any atom is -0.462 e. The molecule has 0 aliphatic carbocycles. The fourth-order valence-electron chi connectivity index (χ4n) is 1.01. The molecule has 0 aliphatic heterocycles. The fraction of sp³-hybridized carbons (Fsp3) is 0.727. The number of esters is 1. The molecule has 5 nitrogen and oxygen atoms in total. The molecule has 0 heterocycles. The van der Waals surface area contributed by atoms with E-state index in [0.29, 0.717) is 18.8 Å².